The highest BCUT2D eigenvalue weighted by Crippen LogP contribution is 2.34. The predicted octanol–water partition coefficient (Wildman–Crippen LogP) is 3.69. The molecule has 118 valence electrons. The van der Waals surface area contributed by atoms with Crippen LogP contribution in [-0.2, 0) is 12.8 Å². The molecule has 0 amide bonds. The first-order valence-corrected chi connectivity index (χ1v) is 7.58. The normalized spacial score (nSPS) is 13.9. The summed E-state index contributed by atoms with van der Waals surface area (Å²) in [5, 5.41) is 12.6. The maximum atomic E-state index is 13.9. The van der Waals surface area contributed by atoms with E-state index in [-0.39, 0.29) is 30.1 Å². The summed E-state index contributed by atoms with van der Waals surface area (Å²) in [5.41, 5.74) is 7.35. The molecule has 2 aromatic rings. The van der Waals surface area contributed by atoms with Gasteiger partial charge in [0.2, 0.25) is 0 Å². The number of amidine groups is 1. The van der Waals surface area contributed by atoms with Crippen molar-refractivity contribution >= 4 is 33.2 Å². The number of aliphatic imine (C=N–C) groups is 1. The summed E-state index contributed by atoms with van der Waals surface area (Å²) < 4.78 is 28.6. The molecule has 4 nitrogen and oxygen atoms in total. The molecule has 2 aromatic carbocycles. The molecular formula is C16H12BrF2N3O. The van der Waals surface area contributed by atoms with Crippen LogP contribution in [0.25, 0.3) is 0 Å². The van der Waals surface area contributed by atoms with Crippen LogP contribution in [0.5, 0.6) is 0 Å². The van der Waals surface area contributed by atoms with Gasteiger partial charge in [-0.15, -0.1) is 0 Å². The van der Waals surface area contributed by atoms with Gasteiger partial charge in [-0.2, -0.15) is 0 Å². The smallest absolute Gasteiger partial charge is 0.184 e. The molecule has 0 bridgehead atoms. The second-order valence-electron chi connectivity index (χ2n) is 5.18. The van der Waals surface area contributed by atoms with E-state index in [4.69, 9.17) is 5.73 Å². The van der Waals surface area contributed by atoms with Crippen molar-refractivity contribution in [2.45, 2.75) is 12.8 Å². The van der Waals surface area contributed by atoms with Crippen LogP contribution in [0.15, 0.2) is 45.0 Å². The summed E-state index contributed by atoms with van der Waals surface area (Å²) in [4.78, 5) is 3.85. The molecule has 0 fully saturated rings. The molecule has 0 radical (unpaired) electrons. The molecule has 0 unspecified atom stereocenters. The van der Waals surface area contributed by atoms with Crippen LogP contribution in [0.4, 0.5) is 14.5 Å². The zero-order valence-corrected chi connectivity index (χ0v) is 13.4. The van der Waals surface area contributed by atoms with E-state index in [0.717, 1.165) is 16.1 Å². The Balaban J connectivity index is 2.04. The zero-order valence-electron chi connectivity index (χ0n) is 11.9. The number of hydrogen-bond acceptors (Lipinski definition) is 4. The van der Waals surface area contributed by atoms with Gasteiger partial charge < -0.3 is 10.9 Å². The number of rotatable bonds is 3. The number of nitrogens with two attached hydrogens (primary N) is 1. The quantitative estimate of drug-likeness (QED) is 0.484. The van der Waals surface area contributed by atoms with E-state index in [1.54, 1.807) is 0 Å². The van der Waals surface area contributed by atoms with Gasteiger partial charge in [0.1, 0.15) is 11.5 Å². The topological polar surface area (TPSA) is 71.0 Å². The van der Waals surface area contributed by atoms with Crippen molar-refractivity contribution < 1.29 is 14.0 Å². The van der Waals surface area contributed by atoms with Crippen LogP contribution in [-0.4, -0.2) is 16.8 Å². The van der Waals surface area contributed by atoms with Gasteiger partial charge in [-0.25, -0.2) is 13.8 Å². The Morgan fingerprint density at radius 2 is 2.13 bits per heavy atom. The second-order valence-corrected chi connectivity index (χ2v) is 6.10. The fraction of sp³-hybridized carbons (Fsp3) is 0.125. The van der Waals surface area contributed by atoms with Crippen LogP contribution in [0.1, 0.15) is 16.7 Å². The lowest BCUT2D eigenvalue weighted by Gasteiger charge is -2.11. The Kier molecular flexibility index (Phi) is 4.12. The number of nitrogens with zero attached hydrogens (tertiary/aromatic N) is 2. The van der Waals surface area contributed by atoms with E-state index in [0.29, 0.717) is 11.1 Å². The Hall–Kier alpha value is -2.28. The highest BCUT2D eigenvalue weighted by molar-refractivity contribution is 9.10. The summed E-state index contributed by atoms with van der Waals surface area (Å²) in [7, 11) is 0. The molecule has 1 aliphatic rings. The van der Waals surface area contributed by atoms with E-state index in [1.807, 2.05) is 24.3 Å². The Bertz CT molecular complexity index is 849. The lowest BCUT2D eigenvalue weighted by molar-refractivity contribution is 0.318. The largest absolute Gasteiger partial charge is 0.411 e. The minimum absolute atomic E-state index is 0.118. The van der Waals surface area contributed by atoms with E-state index in [1.165, 1.54) is 0 Å². The third kappa shape index (κ3) is 2.96. The molecule has 0 aliphatic carbocycles. The van der Waals surface area contributed by atoms with Crippen molar-refractivity contribution in [2.75, 3.05) is 0 Å². The van der Waals surface area contributed by atoms with E-state index in [9.17, 15) is 14.0 Å². The summed E-state index contributed by atoms with van der Waals surface area (Å²) >= 11 is 3.36. The van der Waals surface area contributed by atoms with Crippen molar-refractivity contribution in [1.82, 2.24) is 0 Å². The van der Waals surface area contributed by atoms with E-state index < -0.39 is 11.6 Å². The van der Waals surface area contributed by atoms with E-state index in [2.05, 4.69) is 26.1 Å². The fourth-order valence-electron chi connectivity index (χ4n) is 2.59. The lowest BCUT2D eigenvalue weighted by Crippen LogP contribution is -2.14. The molecule has 23 heavy (non-hydrogen) atoms. The summed E-state index contributed by atoms with van der Waals surface area (Å²) in [6.07, 6.45) is 0.451. The van der Waals surface area contributed by atoms with Gasteiger partial charge >= 0.3 is 0 Å². The molecular weight excluding hydrogens is 368 g/mol. The van der Waals surface area contributed by atoms with Crippen molar-refractivity contribution in [3.05, 3.63) is 63.1 Å². The molecule has 0 saturated carbocycles. The van der Waals surface area contributed by atoms with Gasteiger partial charge in [-0.05, 0) is 29.3 Å². The molecule has 3 rings (SSSR count). The van der Waals surface area contributed by atoms with Gasteiger partial charge in [0.25, 0.3) is 0 Å². The van der Waals surface area contributed by atoms with Gasteiger partial charge in [0, 0.05) is 22.9 Å². The summed E-state index contributed by atoms with van der Waals surface area (Å²) in [6.45, 7) is 0. The average molecular weight is 380 g/mol. The highest BCUT2D eigenvalue weighted by atomic mass is 79.9. The molecule has 3 N–H and O–H groups in total. The van der Waals surface area contributed by atoms with Gasteiger partial charge in [0.05, 0.1) is 5.71 Å². The summed E-state index contributed by atoms with van der Waals surface area (Å²) in [5.74, 6) is -1.89. The number of hydrogen-bond donors (Lipinski definition) is 2. The van der Waals surface area contributed by atoms with Crippen molar-refractivity contribution in [3.8, 4) is 0 Å². The van der Waals surface area contributed by atoms with Crippen molar-refractivity contribution in [2.24, 2.45) is 15.9 Å². The Labute approximate surface area is 139 Å². The first-order valence-electron chi connectivity index (χ1n) is 6.79. The van der Waals surface area contributed by atoms with Gasteiger partial charge in [-0.3, -0.25) is 0 Å². The van der Waals surface area contributed by atoms with Crippen LogP contribution in [0, 0.1) is 11.6 Å². The molecule has 0 spiro atoms. The zero-order chi connectivity index (χ0) is 16.6. The minimum Gasteiger partial charge on any atom is -0.411 e. The van der Waals surface area contributed by atoms with Gasteiger partial charge in [0.15, 0.2) is 11.6 Å². The summed E-state index contributed by atoms with van der Waals surface area (Å²) in [6, 6.07) is 8.43. The number of benzene rings is 2. The molecule has 1 heterocycles. The number of fused-ring (bicyclic) bond motifs is 1. The van der Waals surface area contributed by atoms with Crippen LogP contribution < -0.4 is 5.73 Å². The Morgan fingerprint density at radius 3 is 2.83 bits per heavy atom. The molecule has 0 aromatic heterocycles. The van der Waals surface area contributed by atoms with Crippen LogP contribution >= 0.6 is 15.9 Å². The van der Waals surface area contributed by atoms with Crippen LogP contribution in [0.2, 0.25) is 0 Å². The van der Waals surface area contributed by atoms with Crippen molar-refractivity contribution in [3.63, 3.8) is 0 Å². The maximum absolute atomic E-state index is 13.9. The second kappa shape index (κ2) is 6.08. The predicted molar refractivity (Wildman–Crippen MR) is 87.5 cm³/mol. The molecule has 0 saturated heterocycles. The average Bonchev–Trinajstić information content (AvgIpc) is 2.91. The lowest BCUT2D eigenvalue weighted by atomic mass is 9.95. The first-order chi connectivity index (χ1) is 11.0. The van der Waals surface area contributed by atoms with Gasteiger partial charge in [-0.1, -0.05) is 33.2 Å². The fourth-order valence-corrected chi connectivity index (χ4v) is 3.04. The maximum Gasteiger partial charge on any atom is 0.184 e. The standard InChI is InChI=1S/C16H12BrF2N3O/c17-9-3-1-2-8(4-9)5-13(22-23)10-6-12(18)15(19)16-11(10)7-14(20)21-16/h1-4,6,23H,5,7H2,(H2,20,21)/b22-13+. The van der Waals surface area contributed by atoms with Crippen LogP contribution in [0.3, 0.4) is 0 Å². The highest BCUT2D eigenvalue weighted by Gasteiger charge is 2.26. The number of oxime groups is 1. The third-order valence-corrected chi connectivity index (χ3v) is 4.10. The monoisotopic (exact) mass is 379 g/mol. The Morgan fingerprint density at radius 1 is 1.35 bits per heavy atom. The molecule has 0 atom stereocenters. The first kappa shape index (κ1) is 15.6. The molecule has 1 aliphatic heterocycles. The molecule has 7 heteroatoms. The SMILES string of the molecule is NC1=Nc2c(F)c(F)cc(/C(Cc3cccc(Br)c3)=N/O)c2C1. The number of halogens is 3. The van der Waals surface area contributed by atoms with Crippen molar-refractivity contribution in [1.29, 1.82) is 0 Å². The third-order valence-electron chi connectivity index (χ3n) is 3.61. The van der Waals surface area contributed by atoms with E-state index >= 15 is 0 Å². The minimum atomic E-state index is -1.05.